The molecule has 1 aliphatic heterocycles. The summed E-state index contributed by atoms with van der Waals surface area (Å²) in [5.74, 6) is -2.67. The van der Waals surface area contributed by atoms with E-state index in [0.29, 0.717) is 41.5 Å². The zero-order valence-electron chi connectivity index (χ0n) is 21.1. The average Bonchev–Trinajstić information content (AvgIpc) is 2.92. The van der Waals surface area contributed by atoms with Gasteiger partial charge in [0.1, 0.15) is 6.04 Å². The fourth-order valence-electron chi connectivity index (χ4n) is 4.04. The molecule has 0 radical (unpaired) electrons. The standard InChI is InChI=1S/C27H28BrCl2N3O5S/c1-39-21-8-6-16(24(29)25(21)30)7-9-23(35)33-12-10-17(11-13-33)26(36)32-20(27(37)38)15-31-22(34)14-18-4-2-3-5-19(18)28/h2-9,17,20H,10-15H2,1H3,(H,31,34)(H,32,36)(H,37,38). The highest BCUT2D eigenvalue weighted by atomic mass is 79.9. The fourth-order valence-corrected chi connectivity index (χ4v) is 5.64. The van der Waals surface area contributed by atoms with Crippen LogP contribution in [0.5, 0.6) is 0 Å². The average molecular weight is 657 g/mol. The molecule has 3 rings (SSSR count). The highest BCUT2D eigenvalue weighted by Crippen LogP contribution is 2.35. The van der Waals surface area contributed by atoms with E-state index in [1.54, 1.807) is 29.2 Å². The summed E-state index contributed by atoms with van der Waals surface area (Å²) in [6.45, 7) is 0.458. The molecular weight excluding hydrogens is 629 g/mol. The van der Waals surface area contributed by atoms with E-state index in [0.717, 1.165) is 14.9 Å². The lowest BCUT2D eigenvalue weighted by molar-refractivity contribution is -0.142. The summed E-state index contributed by atoms with van der Waals surface area (Å²) in [5.41, 5.74) is 1.40. The van der Waals surface area contributed by atoms with Crippen LogP contribution in [0.2, 0.25) is 10.0 Å². The summed E-state index contributed by atoms with van der Waals surface area (Å²) < 4.78 is 0.779. The molecular formula is C27H28BrCl2N3O5S. The summed E-state index contributed by atoms with van der Waals surface area (Å²) in [4.78, 5) is 51.9. The Morgan fingerprint density at radius 3 is 2.46 bits per heavy atom. The SMILES string of the molecule is CSc1ccc(C=CC(=O)N2CCC(C(=O)NC(CNC(=O)Cc3ccccc3Br)C(=O)O)CC2)c(Cl)c1Cl. The monoisotopic (exact) mass is 655 g/mol. The van der Waals surface area contributed by atoms with Crippen LogP contribution in [0.3, 0.4) is 0 Å². The smallest absolute Gasteiger partial charge is 0.328 e. The number of nitrogens with zero attached hydrogens (tertiary/aromatic N) is 1. The quantitative estimate of drug-likeness (QED) is 0.253. The van der Waals surface area contributed by atoms with Gasteiger partial charge in [0.2, 0.25) is 17.7 Å². The number of carbonyl (C=O) groups is 4. The molecule has 2 aromatic rings. The molecule has 8 nitrogen and oxygen atoms in total. The molecule has 2 aromatic carbocycles. The minimum absolute atomic E-state index is 0.0744. The van der Waals surface area contributed by atoms with Crippen LogP contribution in [0.1, 0.15) is 24.0 Å². The number of halogens is 3. The van der Waals surface area contributed by atoms with Gasteiger partial charge in [0, 0.05) is 41.0 Å². The molecule has 39 heavy (non-hydrogen) atoms. The number of hydrogen-bond acceptors (Lipinski definition) is 5. The molecule has 3 amide bonds. The van der Waals surface area contributed by atoms with Crippen molar-refractivity contribution in [2.75, 3.05) is 25.9 Å². The number of piperidine rings is 1. The van der Waals surface area contributed by atoms with Crippen LogP contribution >= 0.6 is 50.9 Å². The Hall–Kier alpha value is -2.53. The normalized spacial score (nSPS) is 14.7. The van der Waals surface area contributed by atoms with Gasteiger partial charge >= 0.3 is 5.97 Å². The van der Waals surface area contributed by atoms with Crippen molar-refractivity contribution in [3.8, 4) is 0 Å². The van der Waals surface area contributed by atoms with Crippen LogP contribution in [0.15, 0.2) is 51.8 Å². The van der Waals surface area contributed by atoms with Gasteiger partial charge in [-0.2, -0.15) is 0 Å². The molecule has 1 fully saturated rings. The summed E-state index contributed by atoms with van der Waals surface area (Å²) in [5, 5.41) is 15.5. The molecule has 208 valence electrons. The topological polar surface area (TPSA) is 116 Å². The van der Waals surface area contributed by atoms with E-state index < -0.39 is 23.8 Å². The predicted octanol–water partition coefficient (Wildman–Crippen LogP) is 4.66. The van der Waals surface area contributed by atoms with E-state index in [2.05, 4.69) is 26.6 Å². The third-order valence-corrected chi connectivity index (χ3v) is 8.87. The van der Waals surface area contributed by atoms with Gasteiger partial charge in [0.15, 0.2) is 0 Å². The van der Waals surface area contributed by atoms with Crippen LogP contribution in [0.25, 0.3) is 6.08 Å². The minimum Gasteiger partial charge on any atom is -0.480 e. The molecule has 0 aliphatic carbocycles. The zero-order chi connectivity index (χ0) is 28.5. The Kier molecular flexibility index (Phi) is 11.7. The Balaban J connectivity index is 1.48. The number of carboxylic acids is 1. The second kappa shape index (κ2) is 14.7. The minimum atomic E-state index is -1.27. The Morgan fingerprint density at radius 2 is 1.82 bits per heavy atom. The van der Waals surface area contributed by atoms with Gasteiger partial charge in [-0.05, 0) is 48.4 Å². The third kappa shape index (κ3) is 8.73. The van der Waals surface area contributed by atoms with Crippen LogP contribution in [0, 0.1) is 5.92 Å². The molecule has 3 N–H and O–H groups in total. The third-order valence-electron chi connectivity index (χ3n) is 6.31. The van der Waals surface area contributed by atoms with E-state index in [1.807, 2.05) is 24.5 Å². The van der Waals surface area contributed by atoms with Gasteiger partial charge in [-0.1, -0.05) is 63.4 Å². The van der Waals surface area contributed by atoms with Crippen molar-refractivity contribution < 1.29 is 24.3 Å². The first kappa shape index (κ1) is 31.0. The number of likely N-dealkylation sites (tertiary alicyclic amines) is 1. The second-order valence-corrected chi connectivity index (χ2v) is 11.3. The fraction of sp³-hybridized carbons (Fsp3) is 0.333. The number of hydrogen-bond donors (Lipinski definition) is 3. The Bertz CT molecular complexity index is 1270. The second-order valence-electron chi connectivity index (χ2n) is 8.89. The van der Waals surface area contributed by atoms with E-state index >= 15 is 0 Å². The predicted molar refractivity (Wildman–Crippen MR) is 157 cm³/mol. The molecule has 0 aromatic heterocycles. The van der Waals surface area contributed by atoms with Gasteiger partial charge in [-0.25, -0.2) is 4.79 Å². The van der Waals surface area contributed by atoms with E-state index in [4.69, 9.17) is 23.2 Å². The van der Waals surface area contributed by atoms with Crippen LogP contribution < -0.4 is 10.6 Å². The lowest BCUT2D eigenvalue weighted by atomic mass is 9.95. The summed E-state index contributed by atoms with van der Waals surface area (Å²) in [6.07, 6.45) is 5.79. The number of amides is 3. The number of carboxylic acid groups (broad SMARTS) is 1. The van der Waals surface area contributed by atoms with Crippen LogP contribution in [0.4, 0.5) is 0 Å². The molecule has 1 atom stereocenters. The Labute approximate surface area is 249 Å². The maximum Gasteiger partial charge on any atom is 0.328 e. The van der Waals surface area contributed by atoms with Crippen molar-refractivity contribution in [1.29, 1.82) is 0 Å². The molecule has 0 bridgehead atoms. The van der Waals surface area contributed by atoms with Crippen molar-refractivity contribution in [3.63, 3.8) is 0 Å². The van der Waals surface area contributed by atoms with Crippen molar-refractivity contribution in [1.82, 2.24) is 15.5 Å². The van der Waals surface area contributed by atoms with Gasteiger partial charge in [0.25, 0.3) is 0 Å². The van der Waals surface area contributed by atoms with Crippen molar-refractivity contribution in [2.45, 2.75) is 30.2 Å². The van der Waals surface area contributed by atoms with Crippen LogP contribution in [-0.4, -0.2) is 65.6 Å². The maximum absolute atomic E-state index is 12.8. The lowest BCUT2D eigenvalue weighted by Crippen LogP contribution is -2.51. The van der Waals surface area contributed by atoms with Crippen molar-refractivity contribution >= 4 is 80.7 Å². The summed E-state index contributed by atoms with van der Waals surface area (Å²) in [6, 6.07) is 9.61. The maximum atomic E-state index is 12.8. The zero-order valence-corrected chi connectivity index (χ0v) is 25.0. The van der Waals surface area contributed by atoms with E-state index in [-0.39, 0.29) is 24.8 Å². The first-order valence-electron chi connectivity index (χ1n) is 12.1. The van der Waals surface area contributed by atoms with E-state index in [1.165, 1.54) is 17.8 Å². The Morgan fingerprint density at radius 1 is 1.13 bits per heavy atom. The van der Waals surface area contributed by atoms with E-state index in [9.17, 15) is 24.3 Å². The first-order valence-corrected chi connectivity index (χ1v) is 14.9. The summed E-state index contributed by atoms with van der Waals surface area (Å²) in [7, 11) is 0. The molecule has 0 spiro atoms. The number of carbonyl (C=O) groups excluding carboxylic acids is 3. The summed E-state index contributed by atoms with van der Waals surface area (Å²) >= 11 is 17.4. The molecule has 1 heterocycles. The molecule has 12 heteroatoms. The number of nitrogens with one attached hydrogen (secondary N) is 2. The van der Waals surface area contributed by atoms with Gasteiger partial charge in [-0.3, -0.25) is 14.4 Å². The molecule has 1 aliphatic rings. The van der Waals surface area contributed by atoms with Crippen molar-refractivity contribution in [3.05, 3.63) is 68.1 Å². The van der Waals surface area contributed by atoms with Gasteiger partial charge < -0.3 is 20.6 Å². The number of thioether (sulfide) groups is 1. The highest BCUT2D eigenvalue weighted by Gasteiger charge is 2.30. The van der Waals surface area contributed by atoms with Crippen LogP contribution in [-0.2, 0) is 25.6 Å². The molecule has 1 unspecified atom stereocenters. The van der Waals surface area contributed by atoms with Crippen molar-refractivity contribution in [2.24, 2.45) is 5.92 Å². The van der Waals surface area contributed by atoms with Gasteiger partial charge in [-0.15, -0.1) is 11.8 Å². The lowest BCUT2D eigenvalue weighted by Gasteiger charge is -2.31. The number of rotatable bonds is 10. The molecule has 0 saturated carbocycles. The number of aliphatic carboxylic acids is 1. The first-order chi connectivity index (χ1) is 18.6. The largest absolute Gasteiger partial charge is 0.480 e. The van der Waals surface area contributed by atoms with Gasteiger partial charge in [0.05, 0.1) is 16.5 Å². The highest BCUT2D eigenvalue weighted by molar-refractivity contribution is 9.10. The molecule has 1 saturated heterocycles. The number of benzene rings is 2.